The zero-order valence-corrected chi connectivity index (χ0v) is 19.1. The minimum absolute atomic E-state index is 0.815. The Balaban J connectivity index is 1.22. The van der Waals surface area contributed by atoms with Gasteiger partial charge in [-0.3, -0.25) is 0 Å². The van der Waals surface area contributed by atoms with E-state index in [1.807, 2.05) is 0 Å². The normalized spacial score (nSPS) is 82.5. The maximum atomic E-state index is 6.16. The lowest BCUT2D eigenvalue weighted by molar-refractivity contribution is -0.404. The first-order valence-corrected chi connectivity index (χ1v) is 14.1. The summed E-state index contributed by atoms with van der Waals surface area (Å²) in [5.74, 6) is 18.1. The van der Waals surface area contributed by atoms with Crippen LogP contribution in [0.2, 0.25) is 0 Å². The van der Waals surface area contributed by atoms with Crippen molar-refractivity contribution in [1.82, 2.24) is 0 Å². The van der Waals surface area contributed by atoms with Crippen molar-refractivity contribution in [3.05, 3.63) is 0 Å². The summed E-state index contributed by atoms with van der Waals surface area (Å²) in [4.78, 5) is 1.63. The molecule has 17 rings (SSSR count). The number of hydrogen-bond donors (Lipinski definition) is 0. The Morgan fingerprint density at radius 3 is 1.07 bits per heavy atom. The Bertz CT molecular complexity index is 752. The lowest BCUT2D eigenvalue weighted by Gasteiger charge is -2.89. The third kappa shape index (κ3) is 1.23. The largest absolute Gasteiger partial charge is 0.381 e. The summed E-state index contributed by atoms with van der Waals surface area (Å²) >= 11 is 8.70. The highest BCUT2D eigenvalue weighted by molar-refractivity contribution is 9.09. The average Bonchev–Trinajstić information content (AvgIpc) is 3.37. The van der Waals surface area contributed by atoms with Gasteiger partial charge in [0.1, 0.15) is 0 Å². The molecule has 4 heteroatoms. The van der Waals surface area contributed by atoms with Gasteiger partial charge >= 0.3 is 0 Å². The monoisotopic (exact) mass is 506 g/mol. The predicted molar refractivity (Wildman–Crippen MR) is 110 cm³/mol. The maximum Gasteiger partial charge on any atom is 0.0501 e. The Kier molecular flexibility index (Phi) is 2.52. The third-order valence-electron chi connectivity index (χ3n) is 13.3. The third-order valence-corrected chi connectivity index (χ3v) is 15.8. The fourth-order valence-electron chi connectivity index (χ4n) is 13.9. The van der Waals surface area contributed by atoms with Gasteiger partial charge in [0.2, 0.25) is 0 Å². The molecule has 0 N–H and O–H groups in total. The minimum Gasteiger partial charge on any atom is -0.381 e. The molecular weight excluding hydrogens is 480 g/mol. The van der Waals surface area contributed by atoms with Crippen molar-refractivity contribution < 1.29 is 9.47 Å². The van der Waals surface area contributed by atoms with Gasteiger partial charge in [0.25, 0.3) is 0 Å². The van der Waals surface area contributed by atoms with E-state index in [0.29, 0.717) is 0 Å². The second-order valence-electron chi connectivity index (χ2n) is 12.7. The zero-order chi connectivity index (χ0) is 17.8. The highest BCUT2D eigenvalue weighted by Gasteiger charge is 2.87. The van der Waals surface area contributed by atoms with E-state index >= 15 is 0 Å². The quantitative estimate of drug-likeness (QED) is 0.464. The molecule has 15 saturated carbocycles. The number of rotatable bonds is 0. The molecule has 0 radical (unpaired) electrons. The molecule has 2 nitrogen and oxygen atoms in total. The van der Waals surface area contributed by atoms with Crippen LogP contribution in [-0.2, 0) is 9.47 Å². The molecule has 0 aromatic rings. The van der Waals surface area contributed by atoms with E-state index in [4.69, 9.17) is 9.47 Å². The van der Waals surface area contributed by atoms with Crippen LogP contribution < -0.4 is 0 Å². The van der Waals surface area contributed by atoms with Gasteiger partial charge in [-0.15, -0.1) is 0 Å². The first-order chi connectivity index (χ1) is 13.8. The summed E-state index contributed by atoms with van der Waals surface area (Å²) in [6.07, 6.45) is 0. The van der Waals surface area contributed by atoms with Gasteiger partial charge in [-0.2, -0.15) is 0 Å². The van der Waals surface area contributed by atoms with Crippen molar-refractivity contribution in [3.63, 3.8) is 0 Å². The smallest absolute Gasteiger partial charge is 0.0501 e. The van der Waals surface area contributed by atoms with Crippen molar-refractivity contribution in [2.45, 2.75) is 9.65 Å². The van der Waals surface area contributed by atoms with Gasteiger partial charge in [0, 0.05) is 9.65 Å². The number of halogens is 2. The van der Waals surface area contributed by atoms with Gasteiger partial charge in [-0.1, -0.05) is 31.9 Å². The summed E-state index contributed by atoms with van der Waals surface area (Å²) in [6.45, 7) is 4.37. The number of ether oxygens (including phenoxy) is 2. The molecule has 20 atom stereocenters. The Hall–Kier alpha value is 0.880. The molecule has 0 spiro atoms. The van der Waals surface area contributed by atoms with Crippen molar-refractivity contribution in [3.8, 4) is 0 Å². The molecule has 2 aliphatic heterocycles. The van der Waals surface area contributed by atoms with Crippen LogP contribution in [0.5, 0.6) is 0 Å². The average molecular weight is 508 g/mol. The molecule has 150 valence electrons. The summed E-state index contributed by atoms with van der Waals surface area (Å²) < 4.78 is 12.3. The molecule has 0 aromatic heterocycles. The Labute approximate surface area is 183 Å². The highest BCUT2D eigenvalue weighted by atomic mass is 79.9. The summed E-state index contributed by atoms with van der Waals surface area (Å²) in [5, 5.41) is 0. The second-order valence-corrected chi connectivity index (χ2v) is 14.8. The molecular formula is C24H28Br2O2. The first kappa shape index (κ1) is 15.6. The van der Waals surface area contributed by atoms with Crippen LogP contribution in [0, 0.1) is 107 Å². The SMILES string of the molecule is Br[C@H]1[C@@H]2[C@@H]3[C@@H]4COC[C@@H]4[C@H]1[C@H]1[C@@H]3[C@H]3[C@@H]4[C@@H]5[C@H](Br)[C@H]6[C@H]7COC[C@H]7[C@@H]5[C@@H]([C@H]1[C@H]24)[C@@H]36. The first-order valence-electron chi connectivity index (χ1n) is 12.2. The molecule has 17 aliphatic rings. The molecule has 0 unspecified atom stereocenters. The van der Waals surface area contributed by atoms with E-state index in [1.54, 1.807) is 0 Å². The van der Waals surface area contributed by atoms with E-state index in [9.17, 15) is 0 Å². The van der Waals surface area contributed by atoms with Crippen molar-refractivity contribution in [1.29, 1.82) is 0 Å². The van der Waals surface area contributed by atoms with Gasteiger partial charge in [-0.05, 0) is 107 Å². The van der Waals surface area contributed by atoms with Crippen LogP contribution in [-0.4, -0.2) is 36.1 Å². The van der Waals surface area contributed by atoms with Crippen LogP contribution in [0.3, 0.4) is 0 Å². The van der Waals surface area contributed by atoms with E-state index < -0.39 is 0 Å². The Morgan fingerprint density at radius 1 is 0.357 bits per heavy atom. The highest BCUT2D eigenvalue weighted by Crippen LogP contribution is 2.89. The topological polar surface area (TPSA) is 18.5 Å². The lowest BCUT2D eigenvalue weighted by atomic mass is 9.16. The zero-order valence-electron chi connectivity index (χ0n) is 15.9. The number of hydrogen-bond acceptors (Lipinski definition) is 2. The molecule has 0 aromatic carbocycles. The predicted octanol–water partition coefficient (Wildman–Crippen LogP) is 3.77. The van der Waals surface area contributed by atoms with Crippen molar-refractivity contribution >= 4 is 31.9 Å². The molecule has 0 amide bonds. The fraction of sp³-hybridized carbons (Fsp3) is 1.00. The van der Waals surface area contributed by atoms with Crippen molar-refractivity contribution in [2.75, 3.05) is 26.4 Å². The summed E-state index contributed by atoms with van der Waals surface area (Å²) in [7, 11) is 0. The minimum atomic E-state index is 0.815. The molecule has 2 heterocycles. The summed E-state index contributed by atoms with van der Waals surface area (Å²) in [6, 6.07) is 0. The standard InChI is InChI=1S/C24H28Br2O2/c25-23-11-7-3-27-1-5(7)9-13-15(11)18-14-10-6-2-28-4-8(6)12-16(14)17(13)20(19(18)21(9)23)22(10)24(12)26/h5-24H,1-4H2/t5-,6-,7+,8+,9-,10-,11+,12+,13-,14-,15+,16+,17-,18-,19+,20+,21-,22-,23-,24-/m1/s1. The van der Waals surface area contributed by atoms with Crippen LogP contribution >= 0.6 is 31.9 Å². The molecule has 2 saturated heterocycles. The van der Waals surface area contributed by atoms with Gasteiger partial charge in [-0.25, -0.2) is 0 Å². The van der Waals surface area contributed by atoms with E-state index in [1.165, 1.54) is 0 Å². The summed E-state index contributed by atoms with van der Waals surface area (Å²) in [5.41, 5.74) is 0. The Morgan fingerprint density at radius 2 is 0.643 bits per heavy atom. The van der Waals surface area contributed by atoms with E-state index in [0.717, 1.165) is 143 Å². The van der Waals surface area contributed by atoms with Gasteiger partial charge in [0.05, 0.1) is 26.4 Å². The number of alkyl halides is 2. The van der Waals surface area contributed by atoms with Crippen LogP contribution in [0.1, 0.15) is 0 Å². The molecule has 15 aliphatic carbocycles. The van der Waals surface area contributed by atoms with Gasteiger partial charge in [0.15, 0.2) is 0 Å². The maximum absolute atomic E-state index is 6.16. The molecule has 14 bridgehead atoms. The molecule has 17 fully saturated rings. The van der Waals surface area contributed by atoms with E-state index in [2.05, 4.69) is 31.9 Å². The lowest BCUT2D eigenvalue weighted by Crippen LogP contribution is -2.87. The second kappa shape index (κ2) is 4.50. The molecule has 28 heavy (non-hydrogen) atoms. The van der Waals surface area contributed by atoms with E-state index in [-0.39, 0.29) is 0 Å². The van der Waals surface area contributed by atoms with Crippen LogP contribution in [0.15, 0.2) is 0 Å². The van der Waals surface area contributed by atoms with Crippen LogP contribution in [0.25, 0.3) is 0 Å². The van der Waals surface area contributed by atoms with Crippen molar-refractivity contribution in [2.24, 2.45) is 107 Å². The van der Waals surface area contributed by atoms with Crippen LogP contribution in [0.4, 0.5) is 0 Å². The fourth-order valence-corrected chi connectivity index (χ4v) is 16.8. The van der Waals surface area contributed by atoms with Gasteiger partial charge < -0.3 is 9.47 Å².